The summed E-state index contributed by atoms with van der Waals surface area (Å²) < 4.78 is 0. The summed E-state index contributed by atoms with van der Waals surface area (Å²) >= 11 is 0. The number of hydrogen-bond acceptors (Lipinski definition) is 4. The van der Waals surface area contributed by atoms with E-state index in [0.29, 0.717) is 11.7 Å². The Kier molecular flexibility index (Phi) is 3.81. The van der Waals surface area contributed by atoms with Gasteiger partial charge in [-0.1, -0.05) is 0 Å². The van der Waals surface area contributed by atoms with Gasteiger partial charge in [0.1, 0.15) is 5.69 Å². The number of nitrogens with zero attached hydrogens (tertiary/aromatic N) is 2. The van der Waals surface area contributed by atoms with Crippen LogP contribution in [0, 0.1) is 0 Å². The highest BCUT2D eigenvalue weighted by Gasteiger charge is 2.23. The van der Waals surface area contributed by atoms with Crippen LogP contribution in [-0.2, 0) is 0 Å². The first-order valence-electron chi connectivity index (χ1n) is 6.28. The molecule has 0 saturated heterocycles. The monoisotopic (exact) mass is 248 g/mol. The Bertz CT molecular complexity index is 433. The molecule has 1 fully saturated rings. The summed E-state index contributed by atoms with van der Waals surface area (Å²) in [4.78, 5) is 17.4. The lowest BCUT2D eigenvalue weighted by Gasteiger charge is -2.19. The molecule has 0 spiro atoms. The summed E-state index contributed by atoms with van der Waals surface area (Å²) in [7, 11) is 3.44. The third-order valence-corrected chi connectivity index (χ3v) is 3.31. The van der Waals surface area contributed by atoms with E-state index in [1.807, 2.05) is 6.07 Å². The van der Waals surface area contributed by atoms with Crippen LogP contribution in [0.3, 0.4) is 0 Å². The smallest absolute Gasteiger partial charge is 0.272 e. The second kappa shape index (κ2) is 5.35. The molecule has 0 aliphatic heterocycles. The number of aromatic nitrogens is 1. The predicted octanol–water partition coefficient (Wildman–Crippen LogP) is 1.08. The fourth-order valence-corrected chi connectivity index (χ4v) is 2.25. The number of nitrogens with one attached hydrogen (secondary N) is 1. The summed E-state index contributed by atoms with van der Waals surface area (Å²) in [6, 6.07) is 4.16. The molecule has 5 heteroatoms. The van der Waals surface area contributed by atoms with Crippen LogP contribution < -0.4 is 11.1 Å². The van der Waals surface area contributed by atoms with Crippen LogP contribution in [0.4, 0.5) is 5.69 Å². The predicted molar refractivity (Wildman–Crippen MR) is 71.5 cm³/mol. The lowest BCUT2D eigenvalue weighted by Crippen LogP contribution is -2.35. The van der Waals surface area contributed by atoms with E-state index in [2.05, 4.69) is 10.3 Å². The lowest BCUT2D eigenvalue weighted by molar-refractivity contribution is 0.0822. The van der Waals surface area contributed by atoms with Crippen LogP contribution in [0.1, 0.15) is 29.8 Å². The number of hydrogen-bond donors (Lipinski definition) is 2. The Balaban J connectivity index is 2.10. The molecule has 2 atom stereocenters. The highest BCUT2D eigenvalue weighted by Crippen LogP contribution is 2.21. The topological polar surface area (TPSA) is 71.2 Å². The van der Waals surface area contributed by atoms with E-state index in [4.69, 9.17) is 5.73 Å². The van der Waals surface area contributed by atoms with E-state index in [1.54, 1.807) is 26.4 Å². The largest absolute Gasteiger partial charge is 0.381 e. The maximum absolute atomic E-state index is 11.8. The highest BCUT2D eigenvalue weighted by molar-refractivity contribution is 5.92. The molecule has 98 valence electrons. The number of carbonyl (C=O) groups excluding carboxylic acids is 1. The minimum Gasteiger partial charge on any atom is -0.381 e. The average molecular weight is 248 g/mol. The molecule has 1 aromatic heterocycles. The molecule has 1 saturated carbocycles. The standard InChI is InChI=1S/C13H20N4O/c1-17(2)13(18)12-8-9(6-7-15-12)16-11-5-3-4-10(11)14/h6-8,10-11H,3-5,14H2,1-2H3,(H,15,16). The van der Waals surface area contributed by atoms with Crippen molar-refractivity contribution in [1.82, 2.24) is 9.88 Å². The van der Waals surface area contributed by atoms with Crippen molar-refractivity contribution in [2.24, 2.45) is 5.73 Å². The summed E-state index contributed by atoms with van der Waals surface area (Å²) in [6.45, 7) is 0. The first kappa shape index (κ1) is 12.8. The van der Waals surface area contributed by atoms with Crippen molar-refractivity contribution in [3.05, 3.63) is 24.0 Å². The highest BCUT2D eigenvalue weighted by atomic mass is 16.2. The number of amides is 1. The van der Waals surface area contributed by atoms with Gasteiger partial charge in [-0.15, -0.1) is 0 Å². The quantitative estimate of drug-likeness (QED) is 0.839. The summed E-state index contributed by atoms with van der Waals surface area (Å²) in [6.07, 6.45) is 4.96. The maximum Gasteiger partial charge on any atom is 0.272 e. The zero-order valence-electron chi connectivity index (χ0n) is 10.9. The molecule has 3 N–H and O–H groups in total. The third kappa shape index (κ3) is 2.79. The van der Waals surface area contributed by atoms with Gasteiger partial charge in [0.15, 0.2) is 0 Å². The molecule has 1 heterocycles. The number of carbonyl (C=O) groups is 1. The van der Waals surface area contributed by atoms with Gasteiger partial charge in [0.25, 0.3) is 5.91 Å². The van der Waals surface area contributed by atoms with Crippen LogP contribution in [0.15, 0.2) is 18.3 Å². The van der Waals surface area contributed by atoms with Crippen molar-refractivity contribution in [2.75, 3.05) is 19.4 Å². The molecular weight excluding hydrogens is 228 g/mol. The van der Waals surface area contributed by atoms with E-state index in [9.17, 15) is 4.79 Å². The molecule has 5 nitrogen and oxygen atoms in total. The zero-order valence-corrected chi connectivity index (χ0v) is 10.9. The molecular formula is C13H20N4O. The second-order valence-electron chi connectivity index (χ2n) is 4.97. The van der Waals surface area contributed by atoms with Crippen molar-refractivity contribution in [1.29, 1.82) is 0 Å². The van der Waals surface area contributed by atoms with E-state index in [1.165, 1.54) is 4.90 Å². The summed E-state index contributed by atoms with van der Waals surface area (Å²) in [5.74, 6) is -0.0885. The van der Waals surface area contributed by atoms with Crippen LogP contribution in [0.2, 0.25) is 0 Å². The molecule has 1 aliphatic carbocycles. The van der Waals surface area contributed by atoms with Crippen LogP contribution in [0.5, 0.6) is 0 Å². The number of rotatable bonds is 3. The summed E-state index contributed by atoms with van der Waals surface area (Å²) in [5.41, 5.74) is 7.39. The molecule has 0 radical (unpaired) electrons. The molecule has 0 bridgehead atoms. The van der Waals surface area contributed by atoms with Gasteiger partial charge >= 0.3 is 0 Å². The molecule has 1 aromatic rings. The van der Waals surface area contributed by atoms with Crippen molar-refractivity contribution in [3.63, 3.8) is 0 Å². The van der Waals surface area contributed by atoms with Gasteiger partial charge in [-0.3, -0.25) is 9.78 Å². The van der Waals surface area contributed by atoms with Crippen molar-refractivity contribution >= 4 is 11.6 Å². The number of anilines is 1. The van der Waals surface area contributed by atoms with Gasteiger partial charge in [0.2, 0.25) is 0 Å². The first-order chi connectivity index (χ1) is 8.58. The molecule has 18 heavy (non-hydrogen) atoms. The molecule has 1 aliphatic rings. The van der Waals surface area contributed by atoms with Gasteiger partial charge in [0, 0.05) is 38.1 Å². The Morgan fingerprint density at radius 3 is 2.89 bits per heavy atom. The Morgan fingerprint density at radius 1 is 1.50 bits per heavy atom. The Morgan fingerprint density at radius 2 is 2.28 bits per heavy atom. The van der Waals surface area contributed by atoms with Crippen LogP contribution in [0.25, 0.3) is 0 Å². The Labute approximate surface area is 107 Å². The van der Waals surface area contributed by atoms with Crippen molar-refractivity contribution in [3.8, 4) is 0 Å². The van der Waals surface area contributed by atoms with Gasteiger partial charge in [-0.2, -0.15) is 0 Å². The van der Waals surface area contributed by atoms with Crippen LogP contribution >= 0.6 is 0 Å². The van der Waals surface area contributed by atoms with Crippen molar-refractivity contribution < 1.29 is 4.79 Å². The van der Waals surface area contributed by atoms with E-state index in [0.717, 1.165) is 24.9 Å². The molecule has 2 rings (SSSR count). The zero-order chi connectivity index (χ0) is 13.1. The molecule has 2 unspecified atom stereocenters. The lowest BCUT2D eigenvalue weighted by atomic mass is 10.1. The van der Waals surface area contributed by atoms with Crippen LogP contribution in [-0.4, -0.2) is 42.0 Å². The second-order valence-corrected chi connectivity index (χ2v) is 4.97. The van der Waals surface area contributed by atoms with Crippen molar-refractivity contribution in [2.45, 2.75) is 31.3 Å². The van der Waals surface area contributed by atoms with Gasteiger partial charge in [0.05, 0.1) is 0 Å². The maximum atomic E-state index is 11.8. The van der Waals surface area contributed by atoms with Gasteiger partial charge in [-0.05, 0) is 31.4 Å². The van der Waals surface area contributed by atoms with Gasteiger partial charge < -0.3 is 16.0 Å². The average Bonchev–Trinajstić information content (AvgIpc) is 2.74. The SMILES string of the molecule is CN(C)C(=O)c1cc(NC2CCCC2N)ccn1. The molecule has 1 amide bonds. The minimum atomic E-state index is -0.0885. The summed E-state index contributed by atoms with van der Waals surface area (Å²) in [5, 5.41) is 3.39. The van der Waals surface area contributed by atoms with E-state index in [-0.39, 0.29) is 11.9 Å². The number of nitrogens with two attached hydrogens (primary N) is 1. The Hall–Kier alpha value is -1.62. The third-order valence-electron chi connectivity index (χ3n) is 3.31. The fraction of sp³-hybridized carbons (Fsp3) is 0.538. The minimum absolute atomic E-state index is 0.0885. The fourth-order valence-electron chi connectivity index (χ4n) is 2.25. The normalized spacial score (nSPS) is 22.8. The molecule has 0 aromatic carbocycles. The van der Waals surface area contributed by atoms with E-state index < -0.39 is 0 Å². The first-order valence-corrected chi connectivity index (χ1v) is 6.28. The number of pyridine rings is 1. The van der Waals surface area contributed by atoms with E-state index >= 15 is 0 Å². The van der Waals surface area contributed by atoms with Gasteiger partial charge in [-0.25, -0.2) is 0 Å².